The average molecular weight is 739 g/mol. The van der Waals surface area contributed by atoms with E-state index in [4.69, 9.17) is 32.7 Å². The minimum absolute atomic E-state index is 0.0266. The Balaban J connectivity index is 1.64. The number of benzene rings is 4. The highest BCUT2D eigenvalue weighted by molar-refractivity contribution is 7.92. The molecule has 0 radical (unpaired) electrons. The summed E-state index contributed by atoms with van der Waals surface area (Å²) >= 11 is 13.3. The number of aryl methyl sites for hydroxylation is 1. The van der Waals surface area contributed by atoms with Gasteiger partial charge in [-0.3, -0.25) is 13.9 Å². The second-order valence-electron chi connectivity index (χ2n) is 12.3. The summed E-state index contributed by atoms with van der Waals surface area (Å²) in [6.07, 6.45) is 3.85. The first-order valence-electron chi connectivity index (χ1n) is 16.4. The van der Waals surface area contributed by atoms with E-state index in [2.05, 4.69) is 5.32 Å². The Morgan fingerprint density at radius 2 is 1.54 bits per heavy atom. The topological polar surface area (TPSA) is 105 Å². The molecule has 4 aromatic carbocycles. The second kappa shape index (κ2) is 16.6. The Labute approximate surface area is 304 Å². The number of halogens is 2. The number of hydrogen-bond acceptors (Lipinski definition) is 6. The molecule has 5 rings (SSSR count). The highest BCUT2D eigenvalue weighted by atomic mass is 35.5. The molecule has 1 atom stereocenters. The monoisotopic (exact) mass is 737 g/mol. The predicted octanol–water partition coefficient (Wildman–Crippen LogP) is 7.21. The zero-order chi connectivity index (χ0) is 35.8. The van der Waals surface area contributed by atoms with Crippen molar-refractivity contribution in [3.8, 4) is 11.5 Å². The number of sulfonamides is 1. The van der Waals surface area contributed by atoms with Gasteiger partial charge in [0.05, 0.1) is 24.8 Å². The first-order valence-corrected chi connectivity index (χ1v) is 18.6. The lowest BCUT2D eigenvalue weighted by Crippen LogP contribution is -2.54. The molecule has 0 aliphatic heterocycles. The number of nitrogens with one attached hydrogen (secondary N) is 1. The molecule has 1 fully saturated rings. The van der Waals surface area contributed by atoms with E-state index in [1.165, 1.54) is 37.3 Å². The van der Waals surface area contributed by atoms with Crippen LogP contribution in [0.3, 0.4) is 0 Å². The molecule has 0 saturated heterocycles. The van der Waals surface area contributed by atoms with Gasteiger partial charge < -0.3 is 19.7 Å². The molecule has 0 aromatic heterocycles. The largest absolute Gasteiger partial charge is 0.497 e. The van der Waals surface area contributed by atoms with Crippen LogP contribution >= 0.6 is 23.2 Å². The number of ether oxygens (including phenoxy) is 2. The fourth-order valence-corrected chi connectivity index (χ4v) is 8.05. The lowest BCUT2D eigenvalue weighted by atomic mass is 10.0. The molecular formula is C38H41Cl2N3O6S. The summed E-state index contributed by atoms with van der Waals surface area (Å²) in [5.41, 5.74) is 2.21. The van der Waals surface area contributed by atoms with Crippen molar-refractivity contribution in [3.63, 3.8) is 0 Å². The van der Waals surface area contributed by atoms with Gasteiger partial charge in [0.15, 0.2) is 0 Å². The first kappa shape index (κ1) is 37.0. The summed E-state index contributed by atoms with van der Waals surface area (Å²) < 4.78 is 41.0. The normalized spacial score (nSPS) is 13.8. The SMILES string of the molecule is COc1ccc(OC)c(N(CC(=O)N(Cc2c(Cl)cccc2Cl)C(Cc2ccccc2)C(=O)NC2CCCC2)S(=O)(=O)c2ccc(C)cc2)c1. The van der Waals surface area contributed by atoms with E-state index in [1.807, 2.05) is 37.3 Å². The van der Waals surface area contributed by atoms with Gasteiger partial charge in [-0.1, -0.05) is 90.1 Å². The van der Waals surface area contributed by atoms with Crippen LogP contribution in [0, 0.1) is 6.92 Å². The maximum atomic E-state index is 14.9. The van der Waals surface area contributed by atoms with Gasteiger partial charge in [-0.15, -0.1) is 0 Å². The Morgan fingerprint density at radius 1 is 0.880 bits per heavy atom. The molecule has 1 N–H and O–H groups in total. The predicted molar refractivity (Wildman–Crippen MR) is 197 cm³/mol. The minimum atomic E-state index is -4.37. The summed E-state index contributed by atoms with van der Waals surface area (Å²) in [6, 6.07) is 24.4. The summed E-state index contributed by atoms with van der Waals surface area (Å²) in [5.74, 6) is -0.432. The number of amides is 2. The molecule has 0 bridgehead atoms. The van der Waals surface area contributed by atoms with Gasteiger partial charge in [0, 0.05) is 40.7 Å². The number of hydrogen-bond donors (Lipinski definition) is 1. The third-order valence-electron chi connectivity index (χ3n) is 8.91. The van der Waals surface area contributed by atoms with E-state index in [0.29, 0.717) is 21.4 Å². The maximum Gasteiger partial charge on any atom is 0.264 e. The number of rotatable bonds is 14. The van der Waals surface area contributed by atoms with Crippen LogP contribution in [0.25, 0.3) is 0 Å². The highest BCUT2D eigenvalue weighted by Gasteiger charge is 2.37. The number of anilines is 1. The van der Waals surface area contributed by atoms with Crippen molar-refractivity contribution in [2.75, 3.05) is 25.1 Å². The summed E-state index contributed by atoms with van der Waals surface area (Å²) in [4.78, 5) is 30.5. The van der Waals surface area contributed by atoms with Gasteiger partial charge in [-0.05, 0) is 61.7 Å². The van der Waals surface area contributed by atoms with Crippen LogP contribution in [0.4, 0.5) is 5.69 Å². The van der Waals surface area contributed by atoms with E-state index >= 15 is 0 Å². The van der Waals surface area contributed by atoms with Crippen molar-refractivity contribution in [3.05, 3.63) is 118 Å². The zero-order valence-electron chi connectivity index (χ0n) is 28.3. The number of nitrogens with zero attached hydrogens (tertiary/aromatic N) is 2. The number of carbonyl (C=O) groups excluding carboxylic acids is 2. The van der Waals surface area contributed by atoms with Crippen LogP contribution in [-0.4, -0.2) is 58.0 Å². The first-order chi connectivity index (χ1) is 24.0. The van der Waals surface area contributed by atoms with Crippen LogP contribution in [-0.2, 0) is 32.6 Å². The molecule has 4 aromatic rings. The van der Waals surface area contributed by atoms with E-state index in [9.17, 15) is 18.0 Å². The van der Waals surface area contributed by atoms with E-state index < -0.39 is 28.5 Å². The quantitative estimate of drug-likeness (QED) is 0.147. The van der Waals surface area contributed by atoms with Gasteiger partial charge in [-0.25, -0.2) is 8.42 Å². The lowest BCUT2D eigenvalue weighted by molar-refractivity contribution is -0.140. The van der Waals surface area contributed by atoms with E-state index in [-0.39, 0.29) is 41.2 Å². The second-order valence-corrected chi connectivity index (χ2v) is 15.0. The average Bonchev–Trinajstić information content (AvgIpc) is 3.63. The van der Waals surface area contributed by atoms with Gasteiger partial charge in [0.25, 0.3) is 10.0 Å². The number of methoxy groups -OCH3 is 2. The molecular weight excluding hydrogens is 697 g/mol. The Morgan fingerprint density at radius 3 is 2.16 bits per heavy atom. The molecule has 12 heteroatoms. The van der Waals surface area contributed by atoms with Crippen molar-refractivity contribution >= 4 is 50.7 Å². The van der Waals surface area contributed by atoms with Gasteiger partial charge >= 0.3 is 0 Å². The van der Waals surface area contributed by atoms with Crippen molar-refractivity contribution in [1.29, 1.82) is 0 Å². The Hall–Kier alpha value is -4.25. The molecule has 50 heavy (non-hydrogen) atoms. The molecule has 1 saturated carbocycles. The molecule has 1 unspecified atom stereocenters. The Kier molecular flexibility index (Phi) is 12.3. The van der Waals surface area contributed by atoms with Crippen molar-refractivity contribution in [2.45, 2.75) is 62.6 Å². The van der Waals surface area contributed by atoms with Crippen molar-refractivity contribution in [1.82, 2.24) is 10.2 Å². The van der Waals surface area contributed by atoms with Crippen LogP contribution in [0.5, 0.6) is 11.5 Å². The van der Waals surface area contributed by atoms with Crippen LogP contribution in [0.2, 0.25) is 10.0 Å². The fraction of sp³-hybridized carbons (Fsp3) is 0.316. The smallest absolute Gasteiger partial charge is 0.264 e. The van der Waals surface area contributed by atoms with Crippen LogP contribution < -0.4 is 19.1 Å². The molecule has 0 heterocycles. The molecule has 1 aliphatic carbocycles. The molecule has 1 aliphatic rings. The Bertz CT molecular complexity index is 1880. The highest BCUT2D eigenvalue weighted by Crippen LogP contribution is 2.36. The number of carbonyl (C=O) groups is 2. The van der Waals surface area contributed by atoms with E-state index in [1.54, 1.807) is 42.5 Å². The van der Waals surface area contributed by atoms with Crippen LogP contribution in [0.1, 0.15) is 42.4 Å². The minimum Gasteiger partial charge on any atom is -0.497 e. The van der Waals surface area contributed by atoms with Crippen molar-refractivity contribution < 1.29 is 27.5 Å². The van der Waals surface area contributed by atoms with Gasteiger partial charge in [0.2, 0.25) is 11.8 Å². The van der Waals surface area contributed by atoms with Gasteiger partial charge in [-0.2, -0.15) is 0 Å². The molecule has 2 amide bonds. The maximum absolute atomic E-state index is 14.9. The lowest BCUT2D eigenvalue weighted by Gasteiger charge is -2.35. The standard InChI is InChI=1S/C38H41Cl2N3O6S/c1-26-16-19-30(20-17-26)50(46,47)43(34-23-29(48-2)18-21-36(34)49-3)25-37(44)42(24-31-32(39)14-9-15-33(31)40)35(22-27-10-5-4-6-11-27)38(45)41-28-12-7-8-13-28/h4-6,9-11,14-21,23,28,35H,7-8,12-13,22,24-25H2,1-3H3,(H,41,45). The third-order valence-corrected chi connectivity index (χ3v) is 11.4. The van der Waals surface area contributed by atoms with Crippen LogP contribution in [0.15, 0.2) is 95.9 Å². The van der Waals surface area contributed by atoms with E-state index in [0.717, 1.165) is 41.1 Å². The summed E-state index contributed by atoms with van der Waals surface area (Å²) in [5, 5.41) is 3.78. The molecule has 264 valence electrons. The molecule has 9 nitrogen and oxygen atoms in total. The van der Waals surface area contributed by atoms with Crippen molar-refractivity contribution in [2.24, 2.45) is 0 Å². The van der Waals surface area contributed by atoms with Gasteiger partial charge in [0.1, 0.15) is 24.1 Å². The fourth-order valence-electron chi connectivity index (χ4n) is 6.12. The zero-order valence-corrected chi connectivity index (χ0v) is 30.6. The summed E-state index contributed by atoms with van der Waals surface area (Å²) in [7, 11) is -1.50. The molecule has 0 spiro atoms. The third kappa shape index (κ3) is 8.72. The summed E-state index contributed by atoms with van der Waals surface area (Å²) in [6.45, 7) is 1.02.